The molecule has 164 valence electrons. The van der Waals surface area contributed by atoms with E-state index in [0.29, 0.717) is 11.5 Å². The lowest BCUT2D eigenvalue weighted by atomic mass is 10.2. The van der Waals surface area contributed by atoms with Crippen molar-refractivity contribution in [3.8, 4) is 0 Å². The molecule has 0 bridgehead atoms. The molecule has 0 N–H and O–H groups in total. The first-order chi connectivity index (χ1) is 14.3. The van der Waals surface area contributed by atoms with Gasteiger partial charge < -0.3 is 14.2 Å². The van der Waals surface area contributed by atoms with Crippen molar-refractivity contribution >= 4 is 20.9 Å². The van der Waals surface area contributed by atoms with Crippen molar-refractivity contribution in [2.45, 2.75) is 42.2 Å². The molecular formula is C21H26O7S2. The second-order valence-corrected chi connectivity index (χ2v) is 10.3. The van der Waals surface area contributed by atoms with Gasteiger partial charge >= 0.3 is 0 Å². The van der Waals surface area contributed by atoms with Crippen LogP contribution in [0, 0.1) is 6.92 Å². The third-order valence-electron chi connectivity index (χ3n) is 4.68. The summed E-state index contributed by atoms with van der Waals surface area (Å²) in [4.78, 5) is 0.557. The van der Waals surface area contributed by atoms with Gasteiger partial charge in [0.2, 0.25) is 0 Å². The van der Waals surface area contributed by atoms with Crippen molar-refractivity contribution in [1.29, 1.82) is 0 Å². The van der Waals surface area contributed by atoms with E-state index in [1.165, 1.54) is 7.11 Å². The predicted molar refractivity (Wildman–Crippen MR) is 113 cm³/mol. The first kappa shape index (κ1) is 23.1. The third kappa shape index (κ3) is 5.96. The summed E-state index contributed by atoms with van der Waals surface area (Å²) in [7, 11) is -4.04. The molecule has 1 saturated heterocycles. The van der Waals surface area contributed by atoms with Crippen molar-refractivity contribution < 1.29 is 31.0 Å². The van der Waals surface area contributed by atoms with Crippen LogP contribution in [0.2, 0.25) is 0 Å². The number of aryl methyl sites for hydroxylation is 1. The van der Waals surface area contributed by atoms with E-state index in [1.807, 2.05) is 49.4 Å². The summed E-state index contributed by atoms with van der Waals surface area (Å²) < 4.78 is 59.3. The molecule has 3 rings (SSSR count). The molecule has 2 aromatic carbocycles. The normalized spacial score (nSPS) is 25.3. The molecule has 0 spiro atoms. The van der Waals surface area contributed by atoms with Crippen LogP contribution < -0.4 is 0 Å². The molecule has 30 heavy (non-hydrogen) atoms. The van der Waals surface area contributed by atoms with Gasteiger partial charge in [0.15, 0.2) is 6.29 Å². The van der Waals surface area contributed by atoms with Crippen molar-refractivity contribution in [2.24, 2.45) is 0 Å². The van der Waals surface area contributed by atoms with Gasteiger partial charge in [-0.25, -0.2) is 0 Å². The summed E-state index contributed by atoms with van der Waals surface area (Å²) in [5.74, 6) is 0. The Kier molecular flexibility index (Phi) is 7.78. The molecule has 0 saturated carbocycles. The highest BCUT2D eigenvalue weighted by molar-refractivity contribution is 7.86. The molecule has 1 aliphatic heterocycles. The minimum Gasteiger partial charge on any atom is -0.374 e. The summed E-state index contributed by atoms with van der Waals surface area (Å²) in [6.45, 7) is 2.39. The second-order valence-electron chi connectivity index (χ2n) is 7.12. The lowest BCUT2D eigenvalue weighted by Crippen LogP contribution is -2.41. The third-order valence-corrected chi connectivity index (χ3v) is 7.05. The Morgan fingerprint density at radius 3 is 2.33 bits per heavy atom. The maximum absolute atomic E-state index is 13.4. The molecule has 5 atom stereocenters. The Labute approximate surface area is 179 Å². The highest BCUT2D eigenvalue weighted by Gasteiger charge is 2.51. The summed E-state index contributed by atoms with van der Waals surface area (Å²) >= 11 is 0. The zero-order valence-electron chi connectivity index (χ0n) is 17.1. The number of hydrogen-bond donors (Lipinski definition) is 0. The zero-order chi connectivity index (χ0) is 21.7. The fourth-order valence-corrected chi connectivity index (χ4v) is 5.52. The van der Waals surface area contributed by atoms with E-state index in [-0.39, 0.29) is 6.61 Å². The number of benzene rings is 2. The maximum atomic E-state index is 13.4. The minimum absolute atomic E-state index is 0.112. The molecule has 7 nitrogen and oxygen atoms in total. The van der Waals surface area contributed by atoms with Crippen molar-refractivity contribution in [3.63, 3.8) is 0 Å². The van der Waals surface area contributed by atoms with Gasteiger partial charge in [-0.1, -0.05) is 48.0 Å². The summed E-state index contributed by atoms with van der Waals surface area (Å²) in [5, 5.41) is -0.789. The zero-order valence-corrected chi connectivity index (χ0v) is 18.7. The van der Waals surface area contributed by atoms with E-state index in [2.05, 4.69) is 0 Å². The van der Waals surface area contributed by atoms with Crippen LogP contribution >= 0.6 is 0 Å². The Hall–Kier alpha value is -1.62. The molecule has 9 heteroatoms. The van der Waals surface area contributed by atoms with Gasteiger partial charge in [-0.2, -0.15) is 8.42 Å². The predicted octanol–water partition coefficient (Wildman–Crippen LogP) is 2.40. The number of hydrogen-bond acceptors (Lipinski definition) is 7. The molecule has 1 heterocycles. The van der Waals surface area contributed by atoms with Gasteiger partial charge in [0.25, 0.3) is 10.1 Å². The van der Waals surface area contributed by atoms with E-state index in [0.717, 1.165) is 17.4 Å². The van der Waals surface area contributed by atoms with Crippen LogP contribution in [0.25, 0.3) is 0 Å². The topological polar surface area (TPSA) is 88.1 Å². The molecule has 1 fully saturated rings. The van der Waals surface area contributed by atoms with Gasteiger partial charge in [-0.05, 0) is 24.6 Å². The van der Waals surface area contributed by atoms with Crippen molar-refractivity contribution in [3.05, 3.63) is 65.7 Å². The SMILES string of the molecule is CO[C@H]1O[C@H](COCc2ccccc2)[C@@H]([S@](=O)c2ccc(C)cc2)[C@@H]1OS(C)(=O)=O. The largest absolute Gasteiger partial charge is 0.374 e. The van der Waals surface area contributed by atoms with Crippen molar-refractivity contribution in [1.82, 2.24) is 0 Å². The highest BCUT2D eigenvalue weighted by Crippen LogP contribution is 2.32. The monoisotopic (exact) mass is 454 g/mol. The van der Waals surface area contributed by atoms with E-state index < -0.39 is 44.7 Å². The number of ether oxygens (including phenoxy) is 3. The van der Waals surface area contributed by atoms with E-state index in [4.69, 9.17) is 18.4 Å². The van der Waals surface area contributed by atoms with Crippen LogP contribution in [-0.2, 0) is 45.9 Å². The van der Waals surface area contributed by atoms with E-state index in [1.54, 1.807) is 12.1 Å². The van der Waals surface area contributed by atoms with Crippen LogP contribution in [0.5, 0.6) is 0 Å². The Morgan fingerprint density at radius 1 is 1.07 bits per heavy atom. The first-order valence-electron chi connectivity index (χ1n) is 9.44. The summed E-state index contributed by atoms with van der Waals surface area (Å²) in [5.41, 5.74) is 2.01. The van der Waals surface area contributed by atoms with Gasteiger partial charge in [0.1, 0.15) is 17.5 Å². The molecule has 0 amide bonds. The van der Waals surface area contributed by atoms with Crippen LogP contribution in [0.15, 0.2) is 59.5 Å². The molecule has 2 aromatic rings. The highest BCUT2D eigenvalue weighted by atomic mass is 32.2. The van der Waals surface area contributed by atoms with Crippen LogP contribution in [-0.4, -0.2) is 56.3 Å². The molecule has 0 unspecified atom stereocenters. The fourth-order valence-electron chi connectivity index (χ4n) is 3.28. The number of methoxy groups -OCH3 is 1. The maximum Gasteiger partial charge on any atom is 0.264 e. The minimum atomic E-state index is -3.83. The first-order valence-corrected chi connectivity index (χ1v) is 12.5. The Bertz CT molecular complexity index is 945. The molecule has 0 radical (unpaired) electrons. The molecule has 1 aliphatic rings. The molecule has 0 aromatic heterocycles. The van der Waals surface area contributed by atoms with Crippen LogP contribution in [0.1, 0.15) is 11.1 Å². The smallest absolute Gasteiger partial charge is 0.264 e. The number of rotatable bonds is 9. The second kappa shape index (κ2) is 10.1. The Balaban J connectivity index is 1.82. The summed E-state index contributed by atoms with van der Waals surface area (Å²) in [6, 6.07) is 16.8. The quantitative estimate of drug-likeness (QED) is 0.538. The average Bonchev–Trinajstić information content (AvgIpc) is 3.04. The molecular weight excluding hydrogens is 428 g/mol. The van der Waals surface area contributed by atoms with Gasteiger partial charge in [-0.3, -0.25) is 8.39 Å². The van der Waals surface area contributed by atoms with Gasteiger partial charge in [0, 0.05) is 12.0 Å². The molecule has 0 aliphatic carbocycles. The van der Waals surface area contributed by atoms with Crippen LogP contribution in [0.4, 0.5) is 0 Å². The van der Waals surface area contributed by atoms with Crippen LogP contribution in [0.3, 0.4) is 0 Å². The van der Waals surface area contributed by atoms with Crippen molar-refractivity contribution in [2.75, 3.05) is 20.0 Å². The lowest BCUT2D eigenvalue weighted by molar-refractivity contribution is -0.151. The Morgan fingerprint density at radius 2 is 1.73 bits per heavy atom. The average molecular weight is 455 g/mol. The summed E-state index contributed by atoms with van der Waals surface area (Å²) in [6.07, 6.45) is -1.76. The van der Waals surface area contributed by atoms with Gasteiger partial charge in [0.05, 0.1) is 30.3 Å². The standard InChI is InChI=1S/C21H26O7S2/c1-15-9-11-17(12-10-15)29(22)20-18(14-26-13-16-7-5-4-6-8-16)27-21(25-2)19(20)28-30(3,23)24/h4-12,18-21H,13-14H2,1-3H3/t18-,19+,20-,21+,29-/m1/s1. The lowest BCUT2D eigenvalue weighted by Gasteiger charge is -2.22. The fraction of sp³-hybridized carbons (Fsp3) is 0.429. The van der Waals surface area contributed by atoms with E-state index in [9.17, 15) is 12.6 Å². The van der Waals surface area contributed by atoms with Gasteiger partial charge in [-0.15, -0.1) is 0 Å². The van der Waals surface area contributed by atoms with E-state index >= 15 is 0 Å².